The molecule has 2 bridgehead atoms. The Balaban J connectivity index is 0.000000232. The van der Waals surface area contributed by atoms with Crippen molar-refractivity contribution < 1.29 is 24.3 Å². The Morgan fingerprint density at radius 2 is 1.90 bits per heavy atom. The van der Waals surface area contributed by atoms with Gasteiger partial charge < -0.3 is 19.6 Å². The number of hydrogen-bond acceptors (Lipinski definition) is 6. The number of carboxylic acids is 2. The molecule has 0 aliphatic carbocycles. The Bertz CT molecular complexity index is 496. The standard InChI is InChI=1S/C11H17N3O.C2H2O4/c1-2-10-12-11(15-13-10)9-7-14-5-3-8(9)4-6-14;3-1(4)2(5)6/h8-9H,2-7H2,1H3;(H,3,4)(H,5,6). The van der Waals surface area contributed by atoms with Gasteiger partial charge in [-0.3, -0.25) is 0 Å². The minimum absolute atomic E-state index is 0.500. The third-order valence-corrected chi connectivity index (χ3v) is 3.96. The largest absolute Gasteiger partial charge is 0.473 e. The molecule has 1 unspecified atom stereocenters. The van der Waals surface area contributed by atoms with E-state index in [0.717, 1.165) is 30.6 Å². The van der Waals surface area contributed by atoms with E-state index in [9.17, 15) is 0 Å². The van der Waals surface area contributed by atoms with E-state index in [-0.39, 0.29) is 0 Å². The fourth-order valence-corrected chi connectivity index (χ4v) is 2.81. The summed E-state index contributed by atoms with van der Waals surface area (Å²) < 4.78 is 5.36. The van der Waals surface area contributed by atoms with Gasteiger partial charge in [-0.05, 0) is 31.8 Å². The first-order chi connectivity index (χ1) is 10.0. The molecule has 8 heteroatoms. The van der Waals surface area contributed by atoms with Gasteiger partial charge in [-0.15, -0.1) is 0 Å². The van der Waals surface area contributed by atoms with Crippen LogP contribution in [-0.4, -0.2) is 56.8 Å². The summed E-state index contributed by atoms with van der Waals surface area (Å²) in [7, 11) is 0. The van der Waals surface area contributed by atoms with Gasteiger partial charge in [0.1, 0.15) is 0 Å². The van der Waals surface area contributed by atoms with Crippen molar-refractivity contribution in [2.24, 2.45) is 5.92 Å². The molecule has 1 atom stereocenters. The summed E-state index contributed by atoms with van der Waals surface area (Å²) in [5, 5.41) is 18.8. The fraction of sp³-hybridized carbons (Fsp3) is 0.692. The predicted octanol–water partition coefficient (Wildman–Crippen LogP) is 0.597. The smallest absolute Gasteiger partial charge is 0.414 e. The lowest BCUT2D eigenvalue weighted by atomic mass is 9.79. The molecular weight excluding hydrogens is 278 g/mol. The zero-order valence-corrected chi connectivity index (χ0v) is 11.9. The van der Waals surface area contributed by atoms with E-state index in [0.29, 0.717) is 5.92 Å². The highest BCUT2D eigenvalue weighted by Crippen LogP contribution is 2.38. The van der Waals surface area contributed by atoms with Gasteiger partial charge in [0.05, 0.1) is 5.92 Å². The molecule has 0 radical (unpaired) electrons. The summed E-state index contributed by atoms with van der Waals surface area (Å²) in [6.07, 6.45) is 3.47. The molecule has 3 fully saturated rings. The molecular formula is C13H19N3O5. The van der Waals surface area contributed by atoms with Crippen molar-refractivity contribution in [2.45, 2.75) is 32.1 Å². The molecule has 0 aromatic carbocycles. The van der Waals surface area contributed by atoms with Crippen LogP contribution in [0.25, 0.3) is 0 Å². The van der Waals surface area contributed by atoms with Crippen LogP contribution in [0.1, 0.15) is 37.4 Å². The molecule has 0 spiro atoms. The van der Waals surface area contributed by atoms with Crippen molar-refractivity contribution in [1.29, 1.82) is 0 Å². The molecule has 0 saturated carbocycles. The first-order valence-electron chi connectivity index (χ1n) is 7.02. The second-order valence-corrected chi connectivity index (χ2v) is 5.26. The van der Waals surface area contributed by atoms with Crippen molar-refractivity contribution in [1.82, 2.24) is 15.0 Å². The monoisotopic (exact) mass is 297 g/mol. The lowest BCUT2D eigenvalue weighted by Gasteiger charge is -2.43. The molecule has 4 rings (SSSR count). The highest BCUT2D eigenvalue weighted by atomic mass is 16.5. The van der Waals surface area contributed by atoms with Crippen LogP contribution in [0, 0.1) is 5.92 Å². The number of carboxylic acid groups (broad SMARTS) is 2. The summed E-state index contributed by atoms with van der Waals surface area (Å²) in [5.74, 6) is -0.645. The summed E-state index contributed by atoms with van der Waals surface area (Å²) in [6, 6.07) is 0. The number of nitrogens with zero attached hydrogens (tertiary/aromatic N) is 3. The highest BCUT2D eigenvalue weighted by Gasteiger charge is 2.37. The number of aryl methyl sites for hydroxylation is 1. The Kier molecular flexibility index (Phi) is 4.89. The van der Waals surface area contributed by atoms with E-state index < -0.39 is 11.9 Å². The first-order valence-corrected chi connectivity index (χ1v) is 7.02. The average molecular weight is 297 g/mol. The molecule has 4 heterocycles. The average Bonchev–Trinajstić information content (AvgIpc) is 2.98. The lowest BCUT2D eigenvalue weighted by molar-refractivity contribution is -0.159. The van der Waals surface area contributed by atoms with Crippen LogP contribution in [0.5, 0.6) is 0 Å². The number of aliphatic carboxylic acids is 2. The van der Waals surface area contributed by atoms with Gasteiger partial charge in [0.15, 0.2) is 5.82 Å². The quantitative estimate of drug-likeness (QED) is 0.762. The Hall–Kier alpha value is -1.96. The van der Waals surface area contributed by atoms with Gasteiger partial charge in [0.2, 0.25) is 5.89 Å². The number of fused-ring (bicyclic) bond motifs is 3. The molecule has 3 saturated heterocycles. The normalized spacial score (nSPS) is 26.8. The van der Waals surface area contributed by atoms with E-state index in [4.69, 9.17) is 24.3 Å². The van der Waals surface area contributed by atoms with Crippen LogP contribution >= 0.6 is 0 Å². The second kappa shape index (κ2) is 6.66. The lowest BCUT2D eigenvalue weighted by Crippen LogP contribution is -2.46. The Morgan fingerprint density at radius 3 is 2.29 bits per heavy atom. The van der Waals surface area contributed by atoms with Crippen molar-refractivity contribution >= 4 is 11.9 Å². The van der Waals surface area contributed by atoms with Crippen molar-refractivity contribution in [3.05, 3.63) is 11.7 Å². The predicted molar refractivity (Wildman–Crippen MR) is 70.9 cm³/mol. The van der Waals surface area contributed by atoms with Crippen LogP contribution in [-0.2, 0) is 16.0 Å². The molecule has 116 valence electrons. The van der Waals surface area contributed by atoms with Crippen LogP contribution in [0.4, 0.5) is 0 Å². The number of aromatic nitrogens is 2. The van der Waals surface area contributed by atoms with E-state index in [2.05, 4.69) is 22.0 Å². The van der Waals surface area contributed by atoms with Crippen molar-refractivity contribution in [3.63, 3.8) is 0 Å². The molecule has 1 aromatic rings. The maximum atomic E-state index is 9.10. The molecule has 21 heavy (non-hydrogen) atoms. The van der Waals surface area contributed by atoms with Crippen LogP contribution in [0.2, 0.25) is 0 Å². The van der Waals surface area contributed by atoms with E-state index in [1.54, 1.807) is 0 Å². The summed E-state index contributed by atoms with van der Waals surface area (Å²) in [4.78, 5) is 25.2. The first kappa shape index (κ1) is 15.4. The van der Waals surface area contributed by atoms with Crippen LogP contribution in [0.15, 0.2) is 4.52 Å². The summed E-state index contributed by atoms with van der Waals surface area (Å²) >= 11 is 0. The Labute approximate surface area is 121 Å². The van der Waals surface area contributed by atoms with Crippen molar-refractivity contribution in [3.8, 4) is 0 Å². The van der Waals surface area contributed by atoms with Gasteiger partial charge in [-0.1, -0.05) is 12.1 Å². The fourth-order valence-electron chi connectivity index (χ4n) is 2.81. The van der Waals surface area contributed by atoms with Gasteiger partial charge >= 0.3 is 11.9 Å². The van der Waals surface area contributed by atoms with E-state index >= 15 is 0 Å². The number of rotatable bonds is 2. The summed E-state index contributed by atoms with van der Waals surface area (Å²) in [5.41, 5.74) is 0. The SMILES string of the molecule is CCc1noc(C2CN3CCC2CC3)n1.O=C(O)C(=O)O. The van der Waals surface area contributed by atoms with Crippen LogP contribution in [0.3, 0.4) is 0 Å². The number of piperidine rings is 3. The molecule has 1 aromatic heterocycles. The third kappa shape index (κ3) is 3.78. The zero-order chi connectivity index (χ0) is 15.4. The van der Waals surface area contributed by atoms with Crippen LogP contribution < -0.4 is 0 Å². The van der Waals surface area contributed by atoms with E-state index in [1.807, 2.05) is 0 Å². The topological polar surface area (TPSA) is 117 Å². The highest BCUT2D eigenvalue weighted by molar-refractivity contribution is 6.27. The Morgan fingerprint density at radius 1 is 1.29 bits per heavy atom. The minimum Gasteiger partial charge on any atom is -0.473 e. The van der Waals surface area contributed by atoms with Gasteiger partial charge in [-0.25, -0.2) is 9.59 Å². The van der Waals surface area contributed by atoms with Gasteiger partial charge in [0, 0.05) is 13.0 Å². The van der Waals surface area contributed by atoms with Gasteiger partial charge in [-0.2, -0.15) is 4.98 Å². The second-order valence-electron chi connectivity index (χ2n) is 5.26. The molecule has 3 aliphatic rings. The molecule has 8 nitrogen and oxygen atoms in total. The number of hydrogen-bond donors (Lipinski definition) is 2. The van der Waals surface area contributed by atoms with E-state index in [1.165, 1.54) is 25.9 Å². The number of carbonyl (C=O) groups is 2. The summed E-state index contributed by atoms with van der Waals surface area (Å²) in [6.45, 7) is 5.70. The third-order valence-electron chi connectivity index (χ3n) is 3.96. The van der Waals surface area contributed by atoms with Gasteiger partial charge in [0.25, 0.3) is 0 Å². The molecule has 0 amide bonds. The molecule has 2 N–H and O–H groups in total. The zero-order valence-electron chi connectivity index (χ0n) is 11.9. The minimum atomic E-state index is -1.82. The van der Waals surface area contributed by atoms with Crippen molar-refractivity contribution in [2.75, 3.05) is 19.6 Å². The molecule has 3 aliphatic heterocycles. The maximum Gasteiger partial charge on any atom is 0.414 e. The maximum absolute atomic E-state index is 9.10.